The first kappa shape index (κ1) is 22.3. The van der Waals surface area contributed by atoms with Crippen LogP contribution >= 0.6 is 11.8 Å². The number of hydrogen-bond acceptors (Lipinski definition) is 6. The summed E-state index contributed by atoms with van der Waals surface area (Å²) in [6, 6.07) is 0. The minimum atomic E-state index is -0.0275. The van der Waals surface area contributed by atoms with Crippen molar-refractivity contribution in [3.8, 4) is 0 Å². The molecule has 0 N–H and O–H groups in total. The van der Waals surface area contributed by atoms with E-state index in [1.54, 1.807) is 11.8 Å². The number of amidine groups is 1. The van der Waals surface area contributed by atoms with Crippen molar-refractivity contribution >= 4 is 17.6 Å². The highest BCUT2D eigenvalue weighted by atomic mass is 32.2. The minimum absolute atomic E-state index is 0.0275. The molecule has 5 nitrogen and oxygen atoms in total. The Hall–Kier alpha value is -0.980. The maximum atomic E-state index is 6.15. The van der Waals surface area contributed by atoms with E-state index in [4.69, 9.17) is 14.5 Å². The molecule has 2 aliphatic rings. The summed E-state index contributed by atoms with van der Waals surface area (Å²) in [7, 11) is 0. The van der Waals surface area contributed by atoms with Crippen molar-refractivity contribution < 1.29 is 9.47 Å². The SMILES string of the molecule is C=C1N=C(N(CC(C)C)CC(C)C)C=CN1[C@H]1CS[C@@H](COCC(C)C)O1. The van der Waals surface area contributed by atoms with E-state index >= 15 is 0 Å². The van der Waals surface area contributed by atoms with Crippen LogP contribution in [0.4, 0.5) is 0 Å². The van der Waals surface area contributed by atoms with Gasteiger partial charge in [0.05, 0.1) is 6.61 Å². The number of ether oxygens (including phenoxy) is 2. The van der Waals surface area contributed by atoms with Crippen molar-refractivity contribution in [3.63, 3.8) is 0 Å². The van der Waals surface area contributed by atoms with Crippen molar-refractivity contribution in [1.82, 2.24) is 9.80 Å². The van der Waals surface area contributed by atoms with E-state index < -0.39 is 0 Å². The van der Waals surface area contributed by atoms with Crippen LogP contribution in [0, 0.1) is 17.8 Å². The molecule has 0 saturated carbocycles. The van der Waals surface area contributed by atoms with E-state index in [0.717, 1.165) is 37.1 Å². The third-order valence-electron chi connectivity index (χ3n) is 4.17. The molecule has 0 aromatic rings. The molecule has 0 unspecified atom stereocenters. The lowest BCUT2D eigenvalue weighted by Gasteiger charge is -2.33. The molecular weight excluding hydrogens is 358 g/mol. The van der Waals surface area contributed by atoms with Gasteiger partial charge in [-0.25, -0.2) is 4.99 Å². The standard InChI is InChI=1S/C21H37N3O2S/c1-15(2)10-23(11-16(3)4)19-8-9-24(18(7)22-19)20-14-27-21(26-20)13-25-12-17(5)6/h8-9,15-17,20-21H,7,10-14H2,1-6H3/t20-,21+/m1/s1. The third-order valence-corrected chi connectivity index (χ3v) is 5.27. The fourth-order valence-corrected chi connectivity index (χ4v) is 4.14. The predicted molar refractivity (Wildman–Crippen MR) is 116 cm³/mol. The van der Waals surface area contributed by atoms with E-state index in [-0.39, 0.29) is 11.7 Å². The fraction of sp³-hybridized carbons (Fsp3) is 0.762. The van der Waals surface area contributed by atoms with Gasteiger partial charge < -0.3 is 19.3 Å². The van der Waals surface area contributed by atoms with Crippen LogP contribution in [0.2, 0.25) is 0 Å². The lowest BCUT2D eigenvalue weighted by Crippen LogP contribution is -2.40. The maximum Gasteiger partial charge on any atom is 0.145 e. The van der Waals surface area contributed by atoms with Gasteiger partial charge in [-0.05, 0) is 23.8 Å². The summed E-state index contributed by atoms with van der Waals surface area (Å²) in [6.07, 6.45) is 4.14. The van der Waals surface area contributed by atoms with Crippen molar-refractivity contribution in [2.24, 2.45) is 22.7 Å². The van der Waals surface area contributed by atoms with Crippen LogP contribution in [0.3, 0.4) is 0 Å². The molecule has 2 heterocycles. The van der Waals surface area contributed by atoms with Gasteiger partial charge in [0.1, 0.15) is 23.3 Å². The molecule has 0 spiro atoms. The highest BCUT2D eigenvalue weighted by Crippen LogP contribution is 2.31. The summed E-state index contributed by atoms with van der Waals surface area (Å²) < 4.78 is 11.9. The average molecular weight is 396 g/mol. The lowest BCUT2D eigenvalue weighted by molar-refractivity contribution is -0.0416. The van der Waals surface area contributed by atoms with E-state index in [9.17, 15) is 0 Å². The van der Waals surface area contributed by atoms with E-state index in [1.807, 2.05) is 4.90 Å². The van der Waals surface area contributed by atoms with Gasteiger partial charge in [0.2, 0.25) is 0 Å². The van der Waals surface area contributed by atoms with Crippen molar-refractivity contribution in [3.05, 3.63) is 24.7 Å². The van der Waals surface area contributed by atoms with Crippen molar-refractivity contribution in [2.75, 3.05) is 32.1 Å². The zero-order valence-corrected chi connectivity index (χ0v) is 18.7. The second-order valence-corrected chi connectivity index (χ2v) is 9.78. The quantitative estimate of drug-likeness (QED) is 0.579. The Balaban J connectivity index is 1.92. The second kappa shape index (κ2) is 10.5. The predicted octanol–water partition coefficient (Wildman–Crippen LogP) is 4.39. The van der Waals surface area contributed by atoms with Gasteiger partial charge in [-0.3, -0.25) is 0 Å². The van der Waals surface area contributed by atoms with Gasteiger partial charge in [-0.15, -0.1) is 11.8 Å². The van der Waals surface area contributed by atoms with Crippen molar-refractivity contribution in [1.29, 1.82) is 0 Å². The third kappa shape index (κ3) is 7.16. The topological polar surface area (TPSA) is 37.3 Å². The first-order valence-electron chi connectivity index (χ1n) is 10.1. The van der Waals surface area contributed by atoms with Crippen LogP contribution in [-0.4, -0.2) is 59.4 Å². The molecule has 0 aromatic carbocycles. The van der Waals surface area contributed by atoms with Gasteiger partial charge in [0.15, 0.2) is 0 Å². The van der Waals surface area contributed by atoms with Crippen LogP contribution in [0.1, 0.15) is 41.5 Å². The normalized spacial score (nSPS) is 23.1. The Labute approximate surface area is 169 Å². The molecular formula is C21H37N3O2S. The van der Waals surface area contributed by atoms with Crippen LogP contribution in [0.15, 0.2) is 29.7 Å². The molecule has 0 amide bonds. The Morgan fingerprint density at radius 3 is 2.44 bits per heavy atom. The number of hydrogen-bond donors (Lipinski definition) is 0. The molecule has 1 saturated heterocycles. The molecule has 6 heteroatoms. The molecule has 2 atom stereocenters. The fourth-order valence-electron chi connectivity index (χ4n) is 3.12. The van der Waals surface area contributed by atoms with E-state index in [1.165, 1.54) is 0 Å². The summed E-state index contributed by atoms with van der Waals surface area (Å²) in [5.41, 5.74) is 0.0821. The Kier molecular flexibility index (Phi) is 8.70. The molecule has 154 valence electrons. The largest absolute Gasteiger partial charge is 0.378 e. The van der Waals surface area contributed by atoms with Gasteiger partial charge in [-0.2, -0.15) is 0 Å². The molecule has 0 bridgehead atoms. The highest BCUT2D eigenvalue weighted by molar-refractivity contribution is 8.00. The molecule has 2 rings (SSSR count). The number of nitrogens with zero attached hydrogens (tertiary/aromatic N) is 3. The van der Waals surface area contributed by atoms with Crippen molar-refractivity contribution in [2.45, 2.75) is 53.2 Å². The first-order chi connectivity index (χ1) is 12.8. The number of thioether (sulfide) groups is 1. The van der Waals surface area contributed by atoms with Gasteiger partial charge >= 0.3 is 0 Å². The summed E-state index contributed by atoms with van der Waals surface area (Å²) >= 11 is 1.80. The lowest BCUT2D eigenvalue weighted by atomic mass is 10.1. The van der Waals surface area contributed by atoms with E-state index in [2.05, 4.69) is 65.3 Å². The summed E-state index contributed by atoms with van der Waals surface area (Å²) in [5.74, 6) is 4.37. The van der Waals surface area contributed by atoms with Crippen LogP contribution in [0.5, 0.6) is 0 Å². The van der Waals surface area contributed by atoms with Crippen LogP contribution in [0.25, 0.3) is 0 Å². The molecule has 2 aliphatic heterocycles. The summed E-state index contributed by atoms with van der Waals surface area (Å²) in [4.78, 5) is 9.20. The van der Waals surface area contributed by atoms with Gasteiger partial charge in [0.25, 0.3) is 0 Å². The highest BCUT2D eigenvalue weighted by Gasteiger charge is 2.32. The zero-order valence-electron chi connectivity index (χ0n) is 17.9. The maximum absolute atomic E-state index is 6.15. The molecule has 27 heavy (non-hydrogen) atoms. The van der Waals surface area contributed by atoms with Crippen LogP contribution < -0.4 is 0 Å². The zero-order chi connectivity index (χ0) is 20.0. The molecule has 0 radical (unpaired) electrons. The second-order valence-electron chi connectivity index (χ2n) is 8.59. The monoisotopic (exact) mass is 395 g/mol. The Morgan fingerprint density at radius 2 is 1.89 bits per heavy atom. The van der Waals surface area contributed by atoms with Crippen LogP contribution in [-0.2, 0) is 9.47 Å². The molecule has 0 aromatic heterocycles. The van der Waals surface area contributed by atoms with Gasteiger partial charge in [-0.1, -0.05) is 48.1 Å². The van der Waals surface area contributed by atoms with E-state index in [0.29, 0.717) is 24.4 Å². The summed E-state index contributed by atoms with van der Waals surface area (Å²) in [6.45, 7) is 20.9. The first-order valence-corrected chi connectivity index (χ1v) is 11.1. The Morgan fingerprint density at radius 1 is 1.22 bits per heavy atom. The smallest absolute Gasteiger partial charge is 0.145 e. The molecule has 1 fully saturated rings. The summed E-state index contributed by atoms with van der Waals surface area (Å²) in [5, 5.41) is 0. The average Bonchev–Trinajstić information content (AvgIpc) is 3.01. The number of rotatable bonds is 9. The Bertz CT molecular complexity index is 536. The molecule has 0 aliphatic carbocycles. The van der Waals surface area contributed by atoms with Gasteiger partial charge in [0, 0.05) is 31.6 Å². The minimum Gasteiger partial charge on any atom is -0.378 e. The number of aliphatic imine (C=N–C) groups is 1.